The molecule has 0 aliphatic rings. The van der Waals surface area contributed by atoms with Crippen LogP contribution in [0.2, 0.25) is 0 Å². The predicted molar refractivity (Wildman–Crippen MR) is 51.3 cm³/mol. The van der Waals surface area contributed by atoms with Crippen LogP contribution < -0.4 is 0 Å². The largest absolute Gasteiger partial charge is 0.356 e. The van der Waals surface area contributed by atoms with E-state index < -0.39 is 0 Å². The van der Waals surface area contributed by atoms with Crippen molar-refractivity contribution in [3.63, 3.8) is 0 Å². The van der Waals surface area contributed by atoms with Crippen LogP contribution in [0.25, 0.3) is 0 Å². The zero-order valence-corrected chi connectivity index (χ0v) is 8.08. The summed E-state index contributed by atoms with van der Waals surface area (Å²) in [5, 5.41) is 0. The average molecular weight is 185 g/mol. The molecule has 1 aromatic rings. The minimum absolute atomic E-state index is 0.160. The topological polar surface area (TPSA) is 9.23 Å². The van der Waals surface area contributed by atoms with E-state index in [2.05, 4.69) is 0 Å². The van der Waals surface area contributed by atoms with Gasteiger partial charge in [0.1, 0.15) is 0 Å². The third-order valence-electron chi connectivity index (χ3n) is 1.45. The first-order valence-electron chi connectivity index (χ1n) is 4.04. The Morgan fingerprint density at radius 2 is 1.75 bits per heavy atom. The maximum atomic E-state index is 5.98. The summed E-state index contributed by atoms with van der Waals surface area (Å²) >= 11 is 5.98. The minimum atomic E-state index is -0.328. The molecule has 0 saturated carbocycles. The van der Waals surface area contributed by atoms with E-state index in [-0.39, 0.29) is 11.7 Å². The highest BCUT2D eigenvalue weighted by Crippen LogP contribution is 2.22. The van der Waals surface area contributed by atoms with Gasteiger partial charge >= 0.3 is 0 Å². The van der Waals surface area contributed by atoms with Crippen molar-refractivity contribution >= 4 is 11.6 Å². The van der Waals surface area contributed by atoms with Gasteiger partial charge in [0, 0.05) is 0 Å². The van der Waals surface area contributed by atoms with Crippen LogP contribution in [0.4, 0.5) is 0 Å². The Morgan fingerprint density at radius 1 is 1.17 bits per heavy atom. The van der Waals surface area contributed by atoms with E-state index in [1.165, 1.54) is 0 Å². The monoisotopic (exact) mass is 184 g/mol. The van der Waals surface area contributed by atoms with Gasteiger partial charge < -0.3 is 4.74 Å². The Morgan fingerprint density at radius 3 is 2.25 bits per heavy atom. The lowest BCUT2D eigenvalue weighted by Gasteiger charge is -2.13. The molecule has 1 rings (SSSR count). The van der Waals surface area contributed by atoms with Gasteiger partial charge in [-0.1, -0.05) is 41.9 Å². The van der Waals surface area contributed by atoms with E-state index in [4.69, 9.17) is 16.3 Å². The molecule has 0 aliphatic carbocycles. The Bertz CT molecular complexity index is 221. The number of halogens is 1. The first kappa shape index (κ1) is 9.56. The van der Waals surface area contributed by atoms with E-state index in [0.29, 0.717) is 0 Å². The lowest BCUT2D eigenvalue weighted by molar-refractivity contribution is 0.0546. The maximum absolute atomic E-state index is 5.98. The SMILES string of the molecule is CC(C)OC(Cl)c1ccccc1. The maximum Gasteiger partial charge on any atom is 0.157 e. The highest BCUT2D eigenvalue weighted by molar-refractivity contribution is 6.19. The third-order valence-corrected chi connectivity index (χ3v) is 1.81. The first-order valence-corrected chi connectivity index (χ1v) is 4.48. The molecule has 0 aromatic heterocycles. The standard InChI is InChI=1S/C10H13ClO/c1-8(2)12-10(11)9-6-4-3-5-7-9/h3-8,10H,1-2H3. The molecule has 1 unspecified atom stereocenters. The Hall–Kier alpha value is -0.530. The molecule has 2 heteroatoms. The quantitative estimate of drug-likeness (QED) is 0.655. The van der Waals surface area contributed by atoms with Crippen molar-refractivity contribution in [3.8, 4) is 0 Å². The Kier molecular flexibility index (Phi) is 3.57. The van der Waals surface area contributed by atoms with Crippen molar-refractivity contribution in [2.75, 3.05) is 0 Å². The Balaban J connectivity index is 2.59. The molecule has 66 valence electrons. The number of alkyl halides is 1. The smallest absolute Gasteiger partial charge is 0.157 e. The van der Waals surface area contributed by atoms with Crippen LogP contribution in [-0.2, 0) is 4.74 Å². The van der Waals surface area contributed by atoms with Crippen LogP contribution in [0, 0.1) is 0 Å². The molecule has 1 nitrogen and oxygen atoms in total. The molecule has 0 heterocycles. The van der Waals surface area contributed by atoms with Crippen LogP contribution >= 0.6 is 11.6 Å². The fourth-order valence-corrected chi connectivity index (χ4v) is 1.27. The van der Waals surface area contributed by atoms with E-state index in [1.54, 1.807) is 0 Å². The van der Waals surface area contributed by atoms with Gasteiger partial charge in [-0.15, -0.1) is 0 Å². The van der Waals surface area contributed by atoms with Gasteiger partial charge in [-0.3, -0.25) is 0 Å². The number of benzene rings is 1. The van der Waals surface area contributed by atoms with Gasteiger partial charge in [0.2, 0.25) is 0 Å². The van der Waals surface area contributed by atoms with Gasteiger partial charge in [0.25, 0.3) is 0 Å². The number of hydrogen-bond donors (Lipinski definition) is 0. The van der Waals surface area contributed by atoms with Crippen molar-refractivity contribution < 1.29 is 4.74 Å². The molecule has 0 fully saturated rings. The predicted octanol–water partition coefficient (Wildman–Crippen LogP) is 3.35. The summed E-state index contributed by atoms with van der Waals surface area (Å²) in [4.78, 5) is 0. The minimum Gasteiger partial charge on any atom is -0.356 e. The fraction of sp³-hybridized carbons (Fsp3) is 0.400. The van der Waals surface area contributed by atoms with Crippen molar-refractivity contribution in [1.82, 2.24) is 0 Å². The Labute approximate surface area is 78.3 Å². The lowest BCUT2D eigenvalue weighted by Crippen LogP contribution is -2.05. The highest BCUT2D eigenvalue weighted by atomic mass is 35.5. The molecule has 12 heavy (non-hydrogen) atoms. The molecule has 0 radical (unpaired) electrons. The summed E-state index contributed by atoms with van der Waals surface area (Å²) in [5.74, 6) is 0. The van der Waals surface area contributed by atoms with E-state index in [0.717, 1.165) is 5.56 Å². The van der Waals surface area contributed by atoms with Crippen LogP contribution in [0.15, 0.2) is 30.3 Å². The molecule has 0 spiro atoms. The molecule has 0 aliphatic heterocycles. The first-order chi connectivity index (χ1) is 5.70. The molecule has 0 bridgehead atoms. The molecule has 1 aromatic carbocycles. The van der Waals surface area contributed by atoms with Gasteiger partial charge in [-0.25, -0.2) is 0 Å². The summed E-state index contributed by atoms with van der Waals surface area (Å²) in [6.45, 7) is 3.94. The summed E-state index contributed by atoms with van der Waals surface area (Å²) in [5.41, 5.74) is 0.680. The number of rotatable bonds is 3. The molecule has 0 saturated heterocycles. The second-order valence-electron chi connectivity index (χ2n) is 2.91. The van der Waals surface area contributed by atoms with Crippen molar-refractivity contribution in [2.45, 2.75) is 25.5 Å². The van der Waals surface area contributed by atoms with Crippen LogP contribution in [-0.4, -0.2) is 6.10 Å². The number of ether oxygens (including phenoxy) is 1. The van der Waals surface area contributed by atoms with Crippen LogP contribution in [0.5, 0.6) is 0 Å². The van der Waals surface area contributed by atoms with Gasteiger partial charge in [0.15, 0.2) is 5.56 Å². The van der Waals surface area contributed by atoms with Crippen LogP contribution in [0.3, 0.4) is 0 Å². The van der Waals surface area contributed by atoms with Crippen molar-refractivity contribution in [1.29, 1.82) is 0 Å². The lowest BCUT2D eigenvalue weighted by atomic mass is 10.2. The molecule has 0 amide bonds. The summed E-state index contributed by atoms with van der Waals surface area (Å²) in [6.07, 6.45) is 0.160. The number of hydrogen-bond acceptors (Lipinski definition) is 1. The van der Waals surface area contributed by atoms with Gasteiger partial charge in [-0.05, 0) is 19.4 Å². The second-order valence-corrected chi connectivity index (χ2v) is 3.31. The zero-order valence-electron chi connectivity index (χ0n) is 7.33. The molecule has 1 atom stereocenters. The van der Waals surface area contributed by atoms with Gasteiger partial charge in [0.05, 0.1) is 6.10 Å². The zero-order chi connectivity index (χ0) is 8.97. The summed E-state index contributed by atoms with van der Waals surface area (Å²) in [7, 11) is 0. The van der Waals surface area contributed by atoms with Crippen molar-refractivity contribution in [3.05, 3.63) is 35.9 Å². The third kappa shape index (κ3) is 2.84. The van der Waals surface area contributed by atoms with E-state index in [1.807, 2.05) is 44.2 Å². The fourth-order valence-electron chi connectivity index (χ4n) is 0.922. The normalized spacial score (nSPS) is 13.3. The summed E-state index contributed by atoms with van der Waals surface area (Å²) < 4.78 is 5.40. The molecular formula is C10H13ClO. The van der Waals surface area contributed by atoms with Crippen molar-refractivity contribution in [2.24, 2.45) is 0 Å². The summed E-state index contributed by atoms with van der Waals surface area (Å²) in [6, 6.07) is 9.78. The highest BCUT2D eigenvalue weighted by Gasteiger charge is 2.08. The molecular weight excluding hydrogens is 172 g/mol. The average Bonchev–Trinajstić information content (AvgIpc) is 2.05. The van der Waals surface area contributed by atoms with Crippen LogP contribution in [0.1, 0.15) is 25.0 Å². The second kappa shape index (κ2) is 4.48. The van der Waals surface area contributed by atoms with Gasteiger partial charge in [-0.2, -0.15) is 0 Å². The van der Waals surface area contributed by atoms with E-state index >= 15 is 0 Å². The van der Waals surface area contributed by atoms with E-state index in [9.17, 15) is 0 Å². The molecule has 0 N–H and O–H groups in total.